The molecule has 0 saturated carbocycles. The van der Waals surface area contributed by atoms with Gasteiger partial charge in [0.15, 0.2) is 7.14 Å². The summed E-state index contributed by atoms with van der Waals surface area (Å²) in [4.78, 5) is 0. The predicted octanol–water partition coefficient (Wildman–Crippen LogP) is 6.77. The molecule has 0 saturated heterocycles. The first-order valence-corrected chi connectivity index (χ1v) is 13.3. The first kappa shape index (κ1) is 23.3. The minimum absolute atomic E-state index is 0.842. The molecule has 4 aromatic carbocycles. The minimum Gasteiger partial charge on any atom is -0.309 e. The monoisotopic (exact) mass is 452 g/mol. The van der Waals surface area contributed by atoms with Gasteiger partial charge in [0.1, 0.15) is 0 Å². The Labute approximate surface area is 198 Å². The van der Waals surface area contributed by atoms with Crippen LogP contribution in [-0.2, 0) is 11.0 Å². The van der Waals surface area contributed by atoms with Crippen molar-refractivity contribution in [3.63, 3.8) is 0 Å². The molecule has 0 aliphatic heterocycles. The van der Waals surface area contributed by atoms with Crippen molar-refractivity contribution < 1.29 is 4.57 Å². The van der Waals surface area contributed by atoms with Crippen molar-refractivity contribution in [1.29, 1.82) is 0 Å². The lowest BCUT2D eigenvalue weighted by atomic mass is 9.94. The van der Waals surface area contributed by atoms with Crippen molar-refractivity contribution in [2.45, 2.75) is 48.0 Å². The van der Waals surface area contributed by atoms with E-state index in [4.69, 9.17) is 0 Å². The largest absolute Gasteiger partial charge is 0.309 e. The molecule has 4 rings (SSSR count). The second-order valence-corrected chi connectivity index (χ2v) is 12.2. The molecule has 0 heterocycles. The maximum absolute atomic E-state index is 14.9. The standard InChI is InChI=1S/C31H33OP/c1-21-7-12-29(13-8-21)33(32,30-14-9-22(2)10-15-30)31-16-11-23(3)28(20-31)19-27-18-25(5)24(4)17-26(27)6/h7-18,20H,19H2,1-6H3. The Morgan fingerprint density at radius 3 is 1.48 bits per heavy atom. The van der Waals surface area contributed by atoms with Crippen molar-refractivity contribution in [2.75, 3.05) is 0 Å². The highest BCUT2D eigenvalue weighted by atomic mass is 31.2. The summed E-state index contributed by atoms with van der Waals surface area (Å²) in [6.45, 7) is 12.8. The van der Waals surface area contributed by atoms with Crippen molar-refractivity contribution in [2.24, 2.45) is 0 Å². The Morgan fingerprint density at radius 2 is 0.939 bits per heavy atom. The van der Waals surface area contributed by atoms with E-state index in [-0.39, 0.29) is 0 Å². The lowest BCUT2D eigenvalue weighted by Gasteiger charge is -2.22. The van der Waals surface area contributed by atoms with Crippen LogP contribution in [-0.4, -0.2) is 0 Å². The van der Waals surface area contributed by atoms with Crippen molar-refractivity contribution in [3.05, 3.63) is 123 Å². The van der Waals surface area contributed by atoms with Gasteiger partial charge in [-0.2, -0.15) is 0 Å². The molecular formula is C31H33OP. The van der Waals surface area contributed by atoms with Crippen LogP contribution in [0.4, 0.5) is 0 Å². The Kier molecular flexibility index (Phi) is 6.46. The molecule has 0 aliphatic rings. The molecule has 0 radical (unpaired) electrons. The van der Waals surface area contributed by atoms with Crippen molar-refractivity contribution >= 4 is 23.1 Å². The normalized spacial score (nSPS) is 11.6. The van der Waals surface area contributed by atoms with E-state index in [0.717, 1.165) is 22.3 Å². The second-order valence-electron chi connectivity index (χ2n) is 9.43. The number of aryl methyl sites for hydroxylation is 6. The average Bonchev–Trinajstić information content (AvgIpc) is 2.79. The molecule has 0 amide bonds. The van der Waals surface area contributed by atoms with E-state index in [2.05, 4.69) is 96.1 Å². The van der Waals surface area contributed by atoms with Crippen LogP contribution in [0.15, 0.2) is 78.9 Å². The Hall–Kier alpha value is -2.89. The van der Waals surface area contributed by atoms with E-state index in [1.165, 1.54) is 44.5 Å². The van der Waals surface area contributed by atoms with Gasteiger partial charge in [-0.05, 0) is 87.4 Å². The summed E-state index contributed by atoms with van der Waals surface area (Å²) in [6, 6.07) is 27.3. The molecule has 0 aliphatic carbocycles. The molecule has 1 nitrogen and oxygen atoms in total. The van der Waals surface area contributed by atoms with Gasteiger partial charge in [-0.15, -0.1) is 0 Å². The fraction of sp³-hybridized carbons (Fsp3) is 0.226. The topological polar surface area (TPSA) is 17.1 Å². The van der Waals surface area contributed by atoms with Crippen molar-refractivity contribution in [1.82, 2.24) is 0 Å². The van der Waals surface area contributed by atoms with Gasteiger partial charge in [0.25, 0.3) is 0 Å². The van der Waals surface area contributed by atoms with Crippen LogP contribution in [0.3, 0.4) is 0 Å². The number of hydrogen-bond acceptors (Lipinski definition) is 1. The molecule has 0 bridgehead atoms. The van der Waals surface area contributed by atoms with E-state index in [0.29, 0.717) is 0 Å². The summed E-state index contributed by atoms with van der Waals surface area (Å²) in [5, 5.41) is 2.67. The van der Waals surface area contributed by atoms with Crippen LogP contribution in [0, 0.1) is 41.5 Å². The average molecular weight is 453 g/mol. The first-order valence-electron chi connectivity index (χ1n) is 11.6. The lowest BCUT2D eigenvalue weighted by molar-refractivity contribution is 0.592. The third kappa shape index (κ3) is 4.61. The van der Waals surface area contributed by atoms with E-state index in [9.17, 15) is 4.57 Å². The smallest absolute Gasteiger partial charge is 0.171 e. The maximum atomic E-state index is 14.9. The Bertz CT molecular complexity index is 1300. The van der Waals surface area contributed by atoms with Crippen LogP contribution in [0.1, 0.15) is 44.5 Å². The van der Waals surface area contributed by atoms with Gasteiger partial charge >= 0.3 is 0 Å². The van der Waals surface area contributed by atoms with Crippen molar-refractivity contribution in [3.8, 4) is 0 Å². The zero-order valence-corrected chi connectivity index (χ0v) is 21.5. The summed E-state index contributed by atoms with van der Waals surface area (Å²) < 4.78 is 14.9. The van der Waals surface area contributed by atoms with E-state index in [1.54, 1.807) is 0 Å². The highest BCUT2D eigenvalue weighted by Gasteiger charge is 2.30. The molecule has 0 fully saturated rings. The van der Waals surface area contributed by atoms with Crippen LogP contribution < -0.4 is 15.9 Å². The van der Waals surface area contributed by atoms with E-state index in [1.807, 2.05) is 24.3 Å². The van der Waals surface area contributed by atoms with Gasteiger partial charge in [-0.3, -0.25) is 0 Å². The molecule has 168 valence electrons. The fourth-order valence-corrected chi connectivity index (χ4v) is 7.07. The van der Waals surface area contributed by atoms with E-state index >= 15 is 0 Å². The molecular weight excluding hydrogens is 419 g/mol. The van der Waals surface area contributed by atoms with Gasteiger partial charge in [-0.1, -0.05) is 83.9 Å². The Morgan fingerprint density at radius 1 is 0.485 bits per heavy atom. The Balaban J connectivity index is 1.87. The molecule has 2 heteroatoms. The summed E-state index contributed by atoms with van der Waals surface area (Å²) in [6.07, 6.45) is 0.842. The third-order valence-corrected chi connectivity index (χ3v) is 9.88. The highest BCUT2D eigenvalue weighted by molar-refractivity contribution is 7.85. The van der Waals surface area contributed by atoms with Gasteiger partial charge in [-0.25, -0.2) is 0 Å². The quantitative estimate of drug-likeness (QED) is 0.306. The molecule has 0 spiro atoms. The van der Waals surface area contributed by atoms with E-state index < -0.39 is 7.14 Å². The van der Waals surface area contributed by atoms with Crippen LogP contribution in [0.5, 0.6) is 0 Å². The molecule has 4 aromatic rings. The van der Waals surface area contributed by atoms with Gasteiger partial charge in [0.2, 0.25) is 0 Å². The van der Waals surface area contributed by atoms with Gasteiger partial charge in [0.05, 0.1) is 0 Å². The SMILES string of the molecule is Cc1ccc(P(=O)(c2ccc(C)cc2)c2ccc(C)c(Cc3cc(C)c(C)cc3C)c2)cc1. The third-order valence-electron chi connectivity index (χ3n) is 6.82. The summed E-state index contributed by atoms with van der Waals surface area (Å²) in [7, 11) is -3.00. The predicted molar refractivity (Wildman–Crippen MR) is 144 cm³/mol. The number of hydrogen-bond donors (Lipinski definition) is 0. The van der Waals surface area contributed by atoms with Crippen LogP contribution in [0.2, 0.25) is 0 Å². The zero-order chi connectivity index (χ0) is 23.8. The molecule has 0 N–H and O–H groups in total. The highest BCUT2D eigenvalue weighted by Crippen LogP contribution is 2.43. The maximum Gasteiger partial charge on any atom is 0.171 e. The summed E-state index contributed by atoms with van der Waals surface area (Å²) in [5.74, 6) is 0. The molecule has 0 aromatic heterocycles. The second kappa shape index (κ2) is 9.16. The fourth-order valence-electron chi connectivity index (χ4n) is 4.42. The first-order chi connectivity index (χ1) is 15.7. The zero-order valence-electron chi connectivity index (χ0n) is 20.6. The van der Waals surface area contributed by atoms with Crippen LogP contribution in [0.25, 0.3) is 0 Å². The molecule has 0 atom stereocenters. The van der Waals surface area contributed by atoms with Gasteiger partial charge < -0.3 is 4.57 Å². The summed E-state index contributed by atoms with van der Waals surface area (Å²) in [5.41, 5.74) is 10.1. The minimum atomic E-state index is -3.00. The molecule has 0 unspecified atom stereocenters. The number of rotatable bonds is 5. The molecule has 33 heavy (non-hydrogen) atoms. The number of benzene rings is 4. The van der Waals surface area contributed by atoms with Gasteiger partial charge in [0, 0.05) is 15.9 Å². The van der Waals surface area contributed by atoms with Crippen LogP contribution >= 0.6 is 7.14 Å². The lowest BCUT2D eigenvalue weighted by Crippen LogP contribution is -2.25. The summed E-state index contributed by atoms with van der Waals surface area (Å²) >= 11 is 0.